The van der Waals surface area contributed by atoms with Crippen molar-refractivity contribution in [2.75, 3.05) is 13.1 Å². The minimum Gasteiger partial charge on any atom is -0.447 e. The van der Waals surface area contributed by atoms with E-state index in [0.29, 0.717) is 18.9 Å². The molecule has 0 aromatic carbocycles. The summed E-state index contributed by atoms with van der Waals surface area (Å²) in [5.41, 5.74) is 6.43. The Morgan fingerprint density at radius 3 is 2.91 bits per heavy atom. The van der Waals surface area contributed by atoms with Crippen molar-refractivity contribution >= 4 is 18.3 Å². The van der Waals surface area contributed by atoms with E-state index in [1.165, 1.54) is 6.26 Å². The molecule has 0 radical (unpaired) electrons. The Bertz CT molecular complexity index is 651. The molecule has 9 heteroatoms. The summed E-state index contributed by atoms with van der Waals surface area (Å²) < 4.78 is 5.08. The number of aliphatic hydroxyl groups is 1. The van der Waals surface area contributed by atoms with E-state index in [9.17, 15) is 9.90 Å². The van der Waals surface area contributed by atoms with Crippen molar-refractivity contribution in [1.29, 1.82) is 0 Å². The lowest BCUT2D eigenvalue weighted by molar-refractivity contribution is 0.0759. The molecule has 0 unspecified atom stereocenters. The van der Waals surface area contributed by atoms with Gasteiger partial charge in [-0.2, -0.15) is 0 Å². The van der Waals surface area contributed by atoms with E-state index in [4.69, 9.17) is 10.2 Å². The summed E-state index contributed by atoms with van der Waals surface area (Å²) >= 11 is 0. The number of aromatic nitrogens is 3. The minimum atomic E-state index is -0.591. The maximum Gasteiger partial charge on any atom is 0.275 e. The molecular formula is C14H18ClN5O3. The Balaban J connectivity index is 0.00000192. The highest BCUT2D eigenvalue weighted by molar-refractivity contribution is 5.92. The highest BCUT2D eigenvalue weighted by Crippen LogP contribution is 2.22. The van der Waals surface area contributed by atoms with Crippen LogP contribution >= 0.6 is 12.4 Å². The molecule has 2 atom stereocenters. The molecule has 1 amide bonds. The lowest BCUT2D eigenvalue weighted by Crippen LogP contribution is -2.30. The summed E-state index contributed by atoms with van der Waals surface area (Å²) in [5.74, 6) is -0.00937. The lowest BCUT2D eigenvalue weighted by atomic mass is 10.0. The van der Waals surface area contributed by atoms with Crippen molar-refractivity contribution in [3.63, 3.8) is 0 Å². The molecule has 23 heavy (non-hydrogen) atoms. The zero-order valence-corrected chi connectivity index (χ0v) is 13.1. The summed E-state index contributed by atoms with van der Waals surface area (Å²) in [6, 6.07) is 0. The van der Waals surface area contributed by atoms with Crippen LogP contribution in [0.1, 0.15) is 22.1 Å². The number of rotatable bonds is 4. The van der Waals surface area contributed by atoms with Gasteiger partial charge in [-0.3, -0.25) is 14.8 Å². The molecule has 1 aliphatic heterocycles. The van der Waals surface area contributed by atoms with E-state index >= 15 is 0 Å². The van der Waals surface area contributed by atoms with Gasteiger partial charge in [0, 0.05) is 37.6 Å². The van der Waals surface area contributed by atoms with Gasteiger partial charge in [0.1, 0.15) is 6.26 Å². The Kier molecular flexibility index (Phi) is 5.64. The van der Waals surface area contributed by atoms with Crippen LogP contribution in [0.2, 0.25) is 0 Å². The quantitative estimate of drug-likeness (QED) is 0.806. The first-order valence-corrected chi connectivity index (χ1v) is 7.04. The topological polar surface area (TPSA) is 118 Å². The first-order chi connectivity index (χ1) is 10.7. The third-order valence-electron chi connectivity index (χ3n) is 3.73. The van der Waals surface area contributed by atoms with Gasteiger partial charge in [-0.1, -0.05) is 0 Å². The minimum absolute atomic E-state index is 0. The summed E-state index contributed by atoms with van der Waals surface area (Å²) in [6.07, 6.45) is 6.17. The predicted octanol–water partition coefficient (Wildman–Crippen LogP) is 0.0207. The van der Waals surface area contributed by atoms with E-state index in [0.717, 1.165) is 5.69 Å². The van der Waals surface area contributed by atoms with Gasteiger partial charge in [0.15, 0.2) is 5.69 Å². The van der Waals surface area contributed by atoms with Crippen molar-refractivity contribution in [1.82, 2.24) is 19.9 Å². The van der Waals surface area contributed by atoms with Gasteiger partial charge in [0.05, 0.1) is 18.3 Å². The van der Waals surface area contributed by atoms with Crippen LogP contribution in [0.3, 0.4) is 0 Å². The summed E-state index contributed by atoms with van der Waals surface area (Å²) in [5, 5.41) is 10.2. The molecule has 3 rings (SSSR count). The number of halogens is 1. The molecule has 8 nitrogen and oxygen atoms in total. The number of nitrogens with two attached hydrogens (primary N) is 1. The third-order valence-corrected chi connectivity index (χ3v) is 3.73. The molecular weight excluding hydrogens is 322 g/mol. The second kappa shape index (κ2) is 7.49. The monoisotopic (exact) mass is 339 g/mol. The summed E-state index contributed by atoms with van der Waals surface area (Å²) in [6.45, 7) is 0.862. The zero-order chi connectivity index (χ0) is 15.5. The molecule has 3 heterocycles. The number of nitrogens with zero attached hydrogens (tertiary/aromatic N) is 4. The number of β-amino-alcohol motifs (C(OH)–C–C–N with tert-alkyl or cyclic N) is 1. The number of aliphatic hydroxyl groups excluding tert-OH is 1. The van der Waals surface area contributed by atoms with Crippen LogP contribution in [-0.4, -0.2) is 50.1 Å². The van der Waals surface area contributed by atoms with Crippen LogP contribution in [0.25, 0.3) is 0 Å². The van der Waals surface area contributed by atoms with Crippen molar-refractivity contribution in [2.24, 2.45) is 11.7 Å². The van der Waals surface area contributed by atoms with Crippen molar-refractivity contribution in [2.45, 2.75) is 19.1 Å². The first-order valence-electron chi connectivity index (χ1n) is 7.04. The van der Waals surface area contributed by atoms with Gasteiger partial charge in [-0.25, -0.2) is 4.98 Å². The zero-order valence-electron chi connectivity index (χ0n) is 12.3. The molecule has 3 N–H and O–H groups in total. The van der Waals surface area contributed by atoms with E-state index in [-0.39, 0.29) is 43.0 Å². The number of amides is 1. The smallest absolute Gasteiger partial charge is 0.275 e. The molecule has 1 fully saturated rings. The van der Waals surface area contributed by atoms with E-state index in [2.05, 4.69) is 15.0 Å². The number of hydrogen-bond acceptors (Lipinski definition) is 7. The molecule has 0 spiro atoms. The van der Waals surface area contributed by atoms with Crippen molar-refractivity contribution in [3.8, 4) is 0 Å². The fourth-order valence-electron chi connectivity index (χ4n) is 2.59. The summed E-state index contributed by atoms with van der Waals surface area (Å²) in [7, 11) is 0. The van der Waals surface area contributed by atoms with E-state index in [1.54, 1.807) is 23.5 Å². The van der Waals surface area contributed by atoms with E-state index in [1.807, 2.05) is 0 Å². The maximum absolute atomic E-state index is 12.3. The number of oxazole rings is 1. The van der Waals surface area contributed by atoms with Crippen LogP contribution in [0.15, 0.2) is 29.3 Å². The van der Waals surface area contributed by atoms with Gasteiger partial charge in [-0.15, -0.1) is 12.4 Å². The second-order valence-electron chi connectivity index (χ2n) is 5.27. The van der Waals surface area contributed by atoms with Crippen LogP contribution in [0, 0.1) is 5.92 Å². The van der Waals surface area contributed by atoms with E-state index < -0.39 is 6.10 Å². The second-order valence-corrected chi connectivity index (χ2v) is 5.27. The molecule has 124 valence electrons. The molecule has 0 aliphatic carbocycles. The van der Waals surface area contributed by atoms with Gasteiger partial charge in [0.2, 0.25) is 5.89 Å². The number of carbonyl (C=O) groups excluding carboxylic acids is 1. The Morgan fingerprint density at radius 1 is 1.43 bits per heavy atom. The van der Waals surface area contributed by atoms with Gasteiger partial charge >= 0.3 is 0 Å². The molecule has 2 aromatic rings. The summed E-state index contributed by atoms with van der Waals surface area (Å²) in [4.78, 5) is 26.1. The van der Waals surface area contributed by atoms with Gasteiger partial charge in [-0.05, 0) is 6.42 Å². The lowest BCUT2D eigenvalue weighted by Gasteiger charge is -2.14. The number of likely N-dealkylation sites (tertiary alicyclic amines) is 1. The SMILES string of the molecule is Cl.NCc1nc(C(=O)N2C[C@@H](Cc3cnccn3)[C@H](O)C2)co1. The number of hydrogen-bond donors (Lipinski definition) is 2. The average Bonchev–Trinajstić information content (AvgIpc) is 3.15. The Hall–Kier alpha value is -2.03. The van der Waals surface area contributed by atoms with Crippen LogP contribution in [0.5, 0.6) is 0 Å². The van der Waals surface area contributed by atoms with Gasteiger partial charge < -0.3 is 20.2 Å². The van der Waals surface area contributed by atoms with Crippen molar-refractivity contribution in [3.05, 3.63) is 42.1 Å². The molecule has 2 aromatic heterocycles. The van der Waals surface area contributed by atoms with Crippen LogP contribution < -0.4 is 5.73 Å². The Morgan fingerprint density at radius 2 is 2.26 bits per heavy atom. The predicted molar refractivity (Wildman–Crippen MR) is 82.8 cm³/mol. The Labute approximate surface area is 139 Å². The maximum atomic E-state index is 12.3. The molecule has 0 saturated carbocycles. The third kappa shape index (κ3) is 3.84. The van der Waals surface area contributed by atoms with Crippen LogP contribution in [0.4, 0.5) is 0 Å². The molecule has 1 aliphatic rings. The normalized spacial score (nSPS) is 20.3. The highest BCUT2D eigenvalue weighted by Gasteiger charge is 2.35. The molecule has 1 saturated heterocycles. The standard InChI is InChI=1S/C14H17N5O3.ClH/c15-4-13-18-11(8-22-13)14(21)19-6-9(12(20)7-19)3-10-5-16-1-2-17-10;/h1-2,5,8-9,12,20H,3-4,6-7,15H2;1H/t9-,12-;/m1./s1. The number of carbonyl (C=O) groups is 1. The highest BCUT2D eigenvalue weighted by atomic mass is 35.5. The van der Waals surface area contributed by atoms with Gasteiger partial charge in [0.25, 0.3) is 5.91 Å². The largest absolute Gasteiger partial charge is 0.447 e. The van der Waals surface area contributed by atoms with Crippen LogP contribution in [-0.2, 0) is 13.0 Å². The molecule has 0 bridgehead atoms. The average molecular weight is 340 g/mol. The van der Waals surface area contributed by atoms with Crippen molar-refractivity contribution < 1.29 is 14.3 Å². The fraction of sp³-hybridized carbons (Fsp3) is 0.429. The first kappa shape index (κ1) is 17.3. The fourth-order valence-corrected chi connectivity index (χ4v) is 2.59.